The van der Waals surface area contributed by atoms with Crippen LogP contribution in [0.1, 0.15) is 11.3 Å². The zero-order valence-electron chi connectivity index (χ0n) is 16.8. The van der Waals surface area contributed by atoms with E-state index in [-0.39, 0.29) is 11.7 Å². The number of amides is 1. The van der Waals surface area contributed by atoms with Gasteiger partial charge in [-0.25, -0.2) is 13.4 Å². The van der Waals surface area contributed by atoms with Gasteiger partial charge in [0.15, 0.2) is 0 Å². The van der Waals surface area contributed by atoms with Gasteiger partial charge < -0.3 is 5.32 Å². The van der Waals surface area contributed by atoms with E-state index >= 15 is 0 Å². The number of carbonyl (C=O) groups excluding carboxylic acids is 1. The summed E-state index contributed by atoms with van der Waals surface area (Å²) in [4.78, 5) is 17.4. The molecule has 162 valence electrons. The Morgan fingerprint density at radius 1 is 1.10 bits per heavy atom. The highest BCUT2D eigenvalue weighted by molar-refractivity contribution is 8.00. The summed E-state index contributed by atoms with van der Waals surface area (Å²) < 4.78 is 27.1. The zero-order chi connectivity index (χ0) is 21.7. The van der Waals surface area contributed by atoms with Crippen molar-refractivity contribution < 1.29 is 13.2 Å². The van der Waals surface area contributed by atoms with Gasteiger partial charge in [-0.1, -0.05) is 60.7 Å². The molecule has 0 radical (unpaired) electrons. The van der Waals surface area contributed by atoms with Crippen molar-refractivity contribution in [2.75, 3.05) is 18.2 Å². The number of rotatable bonds is 8. The SMILES string of the molecule is O=C(NCCc1csc(-c2ccccc2)n1)[C@H]1CSCN1S(=O)(=O)Cc1ccccc1. The summed E-state index contributed by atoms with van der Waals surface area (Å²) in [6, 6.07) is 18.3. The number of carbonyl (C=O) groups is 1. The van der Waals surface area contributed by atoms with Gasteiger partial charge in [-0.3, -0.25) is 4.79 Å². The van der Waals surface area contributed by atoms with Gasteiger partial charge in [0.1, 0.15) is 11.0 Å². The summed E-state index contributed by atoms with van der Waals surface area (Å²) in [5.41, 5.74) is 2.71. The third-order valence-electron chi connectivity index (χ3n) is 4.95. The second-order valence-corrected chi connectivity index (χ2v) is 11.0. The van der Waals surface area contributed by atoms with Gasteiger partial charge in [0, 0.05) is 29.7 Å². The Morgan fingerprint density at radius 3 is 2.55 bits per heavy atom. The largest absolute Gasteiger partial charge is 0.354 e. The molecular formula is C22H23N3O3S3. The average molecular weight is 474 g/mol. The summed E-state index contributed by atoms with van der Waals surface area (Å²) in [5.74, 6) is 0.424. The predicted octanol–water partition coefficient (Wildman–Crippen LogP) is 3.37. The van der Waals surface area contributed by atoms with Crippen LogP contribution in [0.2, 0.25) is 0 Å². The second-order valence-electron chi connectivity index (χ2n) is 7.20. The first-order valence-electron chi connectivity index (χ1n) is 9.92. The van der Waals surface area contributed by atoms with Crippen molar-refractivity contribution >= 4 is 39.0 Å². The van der Waals surface area contributed by atoms with Crippen LogP contribution in [0.25, 0.3) is 10.6 Å². The van der Waals surface area contributed by atoms with E-state index in [2.05, 4.69) is 10.3 Å². The van der Waals surface area contributed by atoms with Crippen LogP contribution in [0, 0.1) is 0 Å². The normalized spacial score (nSPS) is 17.0. The molecule has 1 fully saturated rings. The van der Waals surface area contributed by atoms with E-state index in [0.29, 0.717) is 24.6 Å². The number of hydrogen-bond donors (Lipinski definition) is 1. The molecule has 0 unspecified atom stereocenters. The molecule has 1 N–H and O–H groups in total. The minimum atomic E-state index is -3.57. The molecule has 1 aliphatic heterocycles. The van der Waals surface area contributed by atoms with Gasteiger partial charge in [-0.05, 0) is 5.56 Å². The molecule has 1 aromatic heterocycles. The minimum absolute atomic E-state index is 0.0979. The lowest BCUT2D eigenvalue weighted by atomic mass is 10.2. The van der Waals surface area contributed by atoms with Gasteiger partial charge in [-0.2, -0.15) is 4.31 Å². The first kappa shape index (κ1) is 22.0. The highest BCUT2D eigenvalue weighted by atomic mass is 32.2. The van der Waals surface area contributed by atoms with E-state index in [1.54, 1.807) is 23.5 Å². The van der Waals surface area contributed by atoms with Crippen molar-refractivity contribution in [2.45, 2.75) is 18.2 Å². The standard InChI is InChI=1S/C22H23N3O3S3/c26-21(23-12-11-19-13-30-22(24-19)18-9-5-2-6-10-18)20-14-29-16-25(20)31(27,28)15-17-7-3-1-4-8-17/h1-10,13,20H,11-12,14-16H2,(H,23,26)/t20-/m1/s1. The number of aromatic nitrogens is 1. The lowest BCUT2D eigenvalue weighted by molar-refractivity contribution is -0.123. The van der Waals surface area contributed by atoms with Gasteiger partial charge in [-0.15, -0.1) is 23.1 Å². The molecule has 2 heterocycles. The molecule has 2 aromatic carbocycles. The maximum Gasteiger partial charge on any atom is 0.239 e. The molecule has 31 heavy (non-hydrogen) atoms. The van der Waals surface area contributed by atoms with E-state index in [4.69, 9.17) is 0 Å². The van der Waals surface area contributed by atoms with Crippen LogP contribution >= 0.6 is 23.1 Å². The lowest BCUT2D eigenvalue weighted by Gasteiger charge is -2.22. The molecule has 1 atom stereocenters. The number of sulfonamides is 1. The molecular weight excluding hydrogens is 450 g/mol. The fourth-order valence-corrected chi connectivity index (χ4v) is 7.52. The van der Waals surface area contributed by atoms with Gasteiger partial charge in [0.05, 0.1) is 17.3 Å². The summed E-state index contributed by atoms with van der Waals surface area (Å²) >= 11 is 3.04. The van der Waals surface area contributed by atoms with Crippen molar-refractivity contribution in [3.8, 4) is 10.6 Å². The molecule has 0 saturated carbocycles. The number of benzene rings is 2. The van der Waals surface area contributed by atoms with Crippen LogP contribution in [0.3, 0.4) is 0 Å². The smallest absolute Gasteiger partial charge is 0.239 e. The summed E-state index contributed by atoms with van der Waals surface area (Å²) in [6.45, 7) is 0.421. The highest BCUT2D eigenvalue weighted by Crippen LogP contribution is 2.26. The van der Waals surface area contributed by atoms with E-state index in [0.717, 1.165) is 21.8 Å². The topological polar surface area (TPSA) is 79.4 Å². The number of nitrogens with one attached hydrogen (secondary N) is 1. The monoisotopic (exact) mass is 473 g/mol. The Hall–Kier alpha value is -2.20. The van der Waals surface area contributed by atoms with E-state index in [1.165, 1.54) is 16.1 Å². The van der Waals surface area contributed by atoms with Crippen LogP contribution in [-0.2, 0) is 27.0 Å². The van der Waals surface area contributed by atoms with Crippen LogP contribution in [0.4, 0.5) is 0 Å². The number of nitrogens with zero attached hydrogens (tertiary/aromatic N) is 2. The summed E-state index contributed by atoms with van der Waals surface area (Å²) in [7, 11) is -3.57. The molecule has 0 spiro atoms. The maximum absolute atomic E-state index is 12.9. The Bertz CT molecular complexity index is 1120. The Balaban J connectivity index is 1.32. The third-order valence-corrected chi connectivity index (χ3v) is 8.86. The predicted molar refractivity (Wildman–Crippen MR) is 126 cm³/mol. The fraction of sp³-hybridized carbons (Fsp3) is 0.273. The molecule has 0 bridgehead atoms. The fourth-order valence-electron chi connectivity index (χ4n) is 3.34. The second kappa shape index (κ2) is 9.95. The van der Waals surface area contributed by atoms with Crippen LogP contribution < -0.4 is 5.32 Å². The van der Waals surface area contributed by atoms with Crippen molar-refractivity contribution in [1.29, 1.82) is 0 Å². The van der Waals surface area contributed by atoms with Gasteiger partial charge >= 0.3 is 0 Å². The maximum atomic E-state index is 12.9. The third kappa shape index (κ3) is 5.54. The zero-order valence-corrected chi connectivity index (χ0v) is 19.3. The van der Waals surface area contributed by atoms with Crippen LogP contribution in [0.5, 0.6) is 0 Å². The molecule has 1 aliphatic rings. The van der Waals surface area contributed by atoms with Gasteiger partial charge in [0.2, 0.25) is 15.9 Å². The van der Waals surface area contributed by atoms with Gasteiger partial charge in [0.25, 0.3) is 0 Å². The van der Waals surface area contributed by atoms with Crippen molar-refractivity contribution in [1.82, 2.24) is 14.6 Å². The number of hydrogen-bond acceptors (Lipinski definition) is 6. The number of thioether (sulfide) groups is 1. The Morgan fingerprint density at radius 2 is 1.81 bits per heavy atom. The molecule has 1 saturated heterocycles. The molecule has 6 nitrogen and oxygen atoms in total. The van der Waals surface area contributed by atoms with Crippen LogP contribution in [-0.4, -0.2) is 47.8 Å². The van der Waals surface area contributed by atoms with Crippen LogP contribution in [0.15, 0.2) is 66.0 Å². The first-order valence-corrected chi connectivity index (χ1v) is 13.6. The lowest BCUT2D eigenvalue weighted by Crippen LogP contribution is -2.47. The molecule has 3 aromatic rings. The van der Waals surface area contributed by atoms with Crippen molar-refractivity contribution in [3.05, 3.63) is 77.3 Å². The molecule has 4 rings (SSSR count). The molecule has 0 aliphatic carbocycles. The highest BCUT2D eigenvalue weighted by Gasteiger charge is 2.38. The summed E-state index contributed by atoms with van der Waals surface area (Å²) in [6.07, 6.45) is 0.603. The molecule has 9 heteroatoms. The minimum Gasteiger partial charge on any atom is -0.354 e. The Labute approximate surface area is 190 Å². The first-order chi connectivity index (χ1) is 15.0. The summed E-state index contributed by atoms with van der Waals surface area (Å²) in [5, 5.41) is 5.84. The number of thiazole rings is 1. The average Bonchev–Trinajstić information content (AvgIpc) is 3.45. The molecule has 1 amide bonds. The van der Waals surface area contributed by atoms with E-state index < -0.39 is 16.1 Å². The Kier molecular flexibility index (Phi) is 7.06. The van der Waals surface area contributed by atoms with E-state index in [9.17, 15) is 13.2 Å². The quantitative estimate of drug-likeness (QED) is 0.543. The van der Waals surface area contributed by atoms with E-state index in [1.807, 2.05) is 53.9 Å². The van der Waals surface area contributed by atoms with Crippen molar-refractivity contribution in [2.24, 2.45) is 0 Å². The van der Waals surface area contributed by atoms with Crippen molar-refractivity contribution in [3.63, 3.8) is 0 Å².